The van der Waals surface area contributed by atoms with Gasteiger partial charge < -0.3 is 4.57 Å². The molecule has 62 valence electrons. The van der Waals surface area contributed by atoms with Gasteiger partial charge in [-0.2, -0.15) is 0 Å². The third-order valence-electron chi connectivity index (χ3n) is 1.79. The average molecular weight is 159 g/mol. The van der Waals surface area contributed by atoms with Gasteiger partial charge in [0.1, 0.15) is 0 Å². The van der Waals surface area contributed by atoms with Gasteiger partial charge in [-0.05, 0) is 30.7 Å². The highest BCUT2D eigenvalue weighted by atomic mass is 14.9. The number of nitrogens with zero attached hydrogens (tertiary/aromatic N) is 1. The largest absolute Gasteiger partial charge is 0.324 e. The van der Waals surface area contributed by atoms with Crippen LogP contribution in [0.4, 0.5) is 0 Å². The fourth-order valence-electron chi connectivity index (χ4n) is 1.07. The summed E-state index contributed by atoms with van der Waals surface area (Å²) in [6.45, 7) is 9.50. The standard InChI is InChI=1S/C11H13N/c1-4-10(3)11(5-2)12-8-6-7-9-12/h4-9H,1-2H2,3H3/b11-10+. The van der Waals surface area contributed by atoms with E-state index in [0.29, 0.717) is 0 Å². The Kier molecular flexibility index (Phi) is 2.70. The second-order valence-electron chi connectivity index (χ2n) is 2.57. The average Bonchev–Trinajstić information content (AvgIpc) is 2.58. The van der Waals surface area contributed by atoms with E-state index < -0.39 is 0 Å². The second kappa shape index (κ2) is 3.77. The number of allylic oxidation sites excluding steroid dienone is 4. The molecule has 1 aromatic rings. The van der Waals surface area contributed by atoms with Gasteiger partial charge in [0, 0.05) is 18.1 Å². The lowest BCUT2D eigenvalue weighted by molar-refractivity contribution is 1.11. The van der Waals surface area contributed by atoms with E-state index in [1.54, 1.807) is 0 Å². The first kappa shape index (κ1) is 8.60. The lowest BCUT2D eigenvalue weighted by Gasteiger charge is -2.05. The molecule has 0 saturated heterocycles. The minimum atomic E-state index is 1.08. The van der Waals surface area contributed by atoms with Crippen LogP contribution in [0.5, 0.6) is 0 Å². The summed E-state index contributed by atoms with van der Waals surface area (Å²) >= 11 is 0. The fraction of sp³-hybridized carbons (Fsp3) is 0.0909. The number of aromatic nitrogens is 1. The van der Waals surface area contributed by atoms with Crippen molar-refractivity contribution in [1.29, 1.82) is 0 Å². The Bertz CT molecular complexity index is 302. The molecule has 0 atom stereocenters. The third kappa shape index (κ3) is 1.56. The van der Waals surface area contributed by atoms with Crippen LogP contribution >= 0.6 is 0 Å². The fourth-order valence-corrected chi connectivity index (χ4v) is 1.07. The van der Waals surface area contributed by atoms with Gasteiger partial charge in [0.25, 0.3) is 0 Å². The molecule has 0 bridgehead atoms. The summed E-state index contributed by atoms with van der Waals surface area (Å²) in [5.74, 6) is 0. The van der Waals surface area contributed by atoms with E-state index in [9.17, 15) is 0 Å². The third-order valence-corrected chi connectivity index (χ3v) is 1.79. The lowest BCUT2D eigenvalue weighted by atomic mass is 10.2. The number of rotatable bonds is 3. The van der Waals surface area contributed by atoms with Crippen molar-refractivity contribution in [2.75, 3.05) is 0 Å². The molecule has 0 unspecified atom stereocenters. The van der Waals surface area contributed by atoms with E-state index in [0.717, 1.165) is 11.3 Å². The van der Waals surface area contributed by atoms with E-state index in [4.69, 9.17) is 0 Å². The molecule has 0 spiro atoms. The smallest absolute Gasteiger partial charge is 0.0472 e. The Morgan fingerprint density at radius 3 is 2.17 bits per heavy atom. The van der Waals surface area contributed by atoms with Gasteiger partial charge in [0.15, 0.2) is 0 Å². The summed E-state index contributed by atoms with van der Waals surface area (Å²) in [6.07, 6.45) is 7.64. The topological polar surface area (TPSA) is 4.93 Å². The highest BCUT2D eigenvalue weighted by molar-refractivity contribution is 5.62. The van der Waals surface area contributed by atoms with Crippen LogP contribution in [-0.2, 0) is 0 Å². The molecule has 1 rings (SSSR count). The normalized spacial score (nSPS) is 12.1. The van der Waals surface area contributed by atoms with Crippen LogP contribution in [0.15, 0.2) is 55.4 Å². The predicted molar refractivity (Wildman–Crippen MR) is 53.7 cm³/mol. The van der Waals surface area contributed by atoms with Gasteiger partial charge in [-0.1, -0.05) is 19.2 Å². The molecule has 0 aliphatic rings. The molecule has 1 aromatic heterocycles. The molecule has 0 aliphatic heterocycles. The van der Waals surface area contributed by atoms with E-state index in [1.165, 1.54) is 0 Å². The van der Waals surface area contributed by atoms with Gasteiger partial charge in [0.05, 0.1) is 0 Å². The Morgan fingerprint density at radius 1 is 1.17 bits per heavy atom. The van der Waals surface area contributed by atoms with Crippen molar-refractivity contribution in [3.05, 3.63) is 55.4 Å². The molecule has 0 N–H and O–H groups in total. The quantitative estimate of drug-likeness (QED) is 0.597. The summed E-state index contributed by atoms with van der Waals surface area (Å²) in [5.41, 5.74) is 2.20. The van der Waals surface area contributed by atoms with Crippen molar-refractivity contribution >= 4 is 5.70 Å². The minimum Gasteiger partial charge on any atom is -0.324 e. The monoisotopic (exact) mass is 159 g/mol. The lowest BCUT2D eigenvalue weighted by Crippen LogP contribution is -1.91. The molecule has 0 aromatic carbocycles. The molecule has 1 heteroatoms. The molecule has 0 fully saturated rings. The van der Waals surface area contributed by atoms with Gasteiger partial charge >= 0.3 is 0 Å². The predicted octanol–water partition coefficient (Wildman–Crippen LogP) is 3.09. The Morgan fingerprint density at radius 2 is 1.75 bits per heavy atom. The maximum atomic E-state index is 3.76. The van der Waals surface area contributed by atoms with Crippen LogP contribution in [-0.4, -0.2) is 4.57 Å². The second-order valence-corrected chi connectivity index (χ2v) is 2.57. The van der Waals surface area contributed by atoms with Crippen molar-refractivity contribution < 1.29 is 0 Å². The summed E-state index contributed by atoms with van der Waals surface area (Å²) < 4.78 is 2.02. The van der Waals surface area contributed by atoms with Crippen molar-refractivity contribution in [3.63, 3.8) is 0 Å². The molecule has 0 aliphatic carbocycles. The number of hydrogen-bond donors (Lipinski definition) is 0. The molecule has 12 heavy (non-hydrogen) atoms. The van der Waals surface area contributed by atoms with Gasteiger partial charge in [-0.3, -0.25) is 0 Å². The first-order chi connectivity index (χ1) is 5.79. The summed E-state index contributed by atoms with van der Waals surface area (Å²) in [7, 11) is 0. The molecular formula is C11H13N. The molecular weight excluding hydrogens is 146 g/mol. The number of hydrogen-bond acceptors (Lipinski definition) is 0. The summed E-state index contributed by atoms with van der Waals surface area (Å²) in [4.78, 5) is 0. The van der Waals surface area contributed by atoms with Gasteiger partial charge in [-0.15, -0.1) is 0 Å². The summed E-state index contributed by atoms with van der Waals surface area (Å²) in [5, 5.41) is 0. The SMILES string of the molecule is C=C/C(C)=C(\C=C)n1cccc1. The van der Waals surface area contributed by atoms with Gasteiger partial charge in [-0.25, -0.2) is 0 Å². The highest BCUT2D eigenvalue weighted by Crippen LogP contribution is 2.12. The van der Waals surface area contributed by atoms with E-state index in [2.05, 4.69) is 13.2 Å². The molecule has 1 heterocycles. The van der Waals surface area contributed by atoms with Crippen LogP contribution in [0.25, 0.3) is 5.70 Å². The molecule has 1 nitrogen and oxygen atoms in total. The highest BCUT2D eigenvalue weighted by Gasteiger charge is 1.95. The van der Waals surface area contributed by atoms with Crippen LogP contribution < -0.4 is 0 Å². The zero-order chi connectivity index (χ0) is 8.97. The van der Waals surface area contributed by atoms with E-state index in [1.807, 2.05) is 48.2 Å². The Hall–Kier alpha value is -1.50. The van der Waals surface area contributed by atoms with Crippen LogP contribution in [0, 0.1) is 0 Å². The maximum Gasteiger partial charge on any atom is 0.0472 e. The first-order valence-corrected chi connectivity index (χ1v) is 3.88. The molecule has 0 amide bonds. The first-order valence-electron chi connectivity index (χ1n) is 3.88. The Balaban J connectivity index is 3.14. The molecule has 0 saturated carbocycles. The zero-order valence-electron chi connectivity index (χ0n) is 7.33. The van der Waals surface area contributed by atoms with Crippen molar-refractivity contribution in [2.24, 2.45) is 0 Å². The van der Waals surface area contributed by atoms with Crippen LogP contribution in [0.2, 0.25) is 0 Å². The van der Waals surface area contributed by atoms with E-state index in [-0.39, 0.29) is 0 Å². The zero-order valence-corrected chi connectivity index (χ0v) is 7.33. The Labute approximate surface area is 73.3 Å². The minimum absolute atomic E-state index is 1.08. The van der Waals surface area contributed by atoms with Crippen molar-refractivity contribution in [3.8, 4) is 0 Å². The van der Waals surface area contributed by atoms with Crippen LogP contribution in [0.3, 0.4) is 0 Å². The van der Waals surface area contributed by atoms with Crippen molar-refractivity contribution in [1.82, 2.24) is 4.57 Å². The molecule has 0 radical (unpaired) electrons. The van der Waals surface area contributed by atoms with Crippen LogP contribution in [0.1, 0.15) is 6.92 Å². The van der Waals surface area contributed by atoms with Crippen molar-refractivity contribution in [2.45, 2.75) is 6.92 Å². The van der Waals surface area contributed by atoms with E-state index >= 15 is 0 Å². The maximum absolute atomic E-state index is 3.76. The van der Waals surface area contributed by atoms with Gasteiger partial charge in [0.2, 0.25) is 0 Å². The summed E-state index contributed by atoms with van der Waals surface area (Å²) in [6, 6.07) is 3.97.